The summed E-state index contributed by atoms with van der Waals surface area (Å²) in [6.45, 7) is 9.05. The van der Waals surface area contributed by atoms with Gasteiger partial charge in [-0.05, 0) is 37.3 Å². The Morgan fingerprint density at radius 1 is 1.32 bits per heavy atom. The number of rotatable bonds is 11. The third-order valence-corrected chi connectivity index (χ3v) is 4.73. The van der Waals surface area contributed by atoms with Gasteiger partial charge in [0.05, 0.1) is 18.9 Å². The summed E-state index contributed by atoms with van der Waals surface area (Å²) in [6, 6.07) is 3.50. The molecule has 1 aliphatic rings. The van der Waals surface area contributed by atoms with Gasteiger partial charge in [0.2, 0.25) is 5.91 Å². The van der Waals surface area contributed by atoms with Crippen LogP contribution in [0.15, 0.2) is 22.8 Å². The average molecular weight is 394 g/mol. The van der Waals surface area contributed by atoms with Gasteiger partial charge in [0.15, 0.2) is 0 Å². The highest BCUT2D eigenvalue weighted by Gasteiger charge is 2.26. The molecule has 0 aromatic carbocycles. The minimum Gasteiger partial charge on any atom is -0.467 e. The van der Waals surface area contributed by atoms with Crippen LogP contribution in [0.4, 0.5) is 4.79 Å². The number of unbranched alkanes of at least 4 members (excludes halogenated alkanes) is 1. The Bertz CT molecular complexity index is 582. The summed E-state index contributed by atoms with van der Waals surface area (Å²) >= 11 is 0. The van der Waals surface area contributed by atoms with Crippen LogP contribution < -0.4 is 5.32 Å². The number of carbonyl (C=O) groups is 2. The van der Waals surface area contributed by atoms with Crippen LogP contribution in [0.3, 0.4) is 0 Å². The van der Waals surface area contributed by atoms with Crippen molar-refractivity contribution in [3.05, 3.63) is 24.2 Å². The van der Waals surface area contributed by atoms with Crippen molar-refractivity contribution in [2.75, 3.05) is 32.8 Å². The SMILES string of the molecule is CCCCNC(=O)N(CC(=O)N(Cc1ccco1)C[C@H]1CCCO1)CC(C)C. The molecule has 158 valence electrons. The van der Waals surface area contributed by atoms with Gasteiger partial charge in [-0.3, -0.25) is 4.79 Å². The predicted molar refractivity (Wildman–Crippen MR) is 108 cm³/mol. The van der Waals surface area contributed by atoms with Crippen LogP contribution in [0.5, 0.6) is 0 Å². The molecule has 3 amide bonds. The molecule has 7 heteroatoms. The Morgan fingerprint density at radius 2 is 2.14 bits per heavy atom. The number of urea groups is 1. The fourth-order valence-corrected chi connectivity index (χ4v) is 3.29. The van der Waals surface area contributed by atoms with E-state index in [0.29, 0.717) is 26.2 Å². The van der Waals surface area contributed by atoms with Gasteiger partial charge in [0.1, 0.15) is 12.3 Å². The number of ether oxygens (including phenoxy) is 1. The van der Waals surface area contributed by atoms with Crippen LogP contribution in [-0.2, 0) is 16.1 Å². The first kappa shape index (κ1) is 22.3. The van der Waals surface area contributed by atoms with Gasteiger partial charge in [-0.1, -0.05) is 27.2 Å². The van der Waals surface area contributed by atoms with E-state index >= 15 is 0 Å². The van der Waals surface area contributed by atoms with Crippen molar-refractivity contribution in [3.63, 3.8) is 0 Å². The fraction of sp³-hybridized carbons (Fsp3) is 0.714. The highest BCUT2D eigenvalue weighted by Crippen LogP contribution is 2.16. The van der Waals surface area contributed by atoms with E-state index in [1.807, 2.05) is 26.0 Å². The zero-order valence-electron chi connectivity index (χ0n) is 17.5. The molecule has 7 nitrogen and oxygen atoms in total. The lowest BCUT2D eigenvalue weighted by atomic mass is 10.2. The molecule has 0 radical (unpaired) electrons. The summed E-state index contributed by atoms with van der Waals surface area (Å²) in [5.74, 6) is 0.925. The zero-order valence-corrected chi connectivity index (χ0v) is 17.5. The van der Waals surface area contributed by atoms with E-state index in [1.54, 1.807) is 16.1 Å². The van der Waals surface area contributed by atoms with Gasteiger partial charge in [-0.2, -0.15) is 0 Å². The topological polar surface area (TPSA) is 75.0 Å². The lowest BCUT2D eigenvalue weighted by Gasteiger charge is -2.29. The predicted octanol–water partition coefficient (Wildman–Crippen LogP) is 3.25. The Morgan fingerprint density at radius 3 is 2.75 bits per heavy atom. The van der Waals surface area contributed by atoms with Crippen molar-refractivity contribution in [1.29, 1.82) is 0 Å². The first-order chi connectivity index (χ1) is 13.5. The molecule has 2 heterocycles. The Hall–Kier alpha value is -2.02. The Balaban J connectivity index is 2.02. The maximum absolute atomic E-state index is 13.1. The number of nitrogens with one attached hydrogen (secondary N) is 1. The van der Waals surface area contributed by atoms with E-state index in [9.17, 15) is 9.59 Å². The van der Waals surface area contributed by atoms with Crippen LogP contribution in [0.2, 0.25) is 0 Å². The van der Waals surface area contributed by atoms with Crippen LogP contribution in [-0.4, -0.2) is 60.6 Å². The third kappa shape index (κ3) is 7.54. The molecule has 0 unspecified atom stereocenters. The number of hydrogen-bond donors (Lipinski definition) is 1. The average Bonchev–Trinajstić information content (AvgIpc) is 3.34. The molecule has 1 saturated heterocycles. The van der Waals surface area contributed by atoms with E-state index in [4.69, 9.17) is 9.15 Å². The molecule has 0 saturated carbocycles. The van der Waals surface area contributed by atoms with Gasteiger partial charge in [0.25, 0.3) is 0 Å². The molecule has 0 spiro atoms. The van der Waals surface area contributed by atoms with Gasteiger partial charge in [-0.25, -0.2) is 4.79 Å². The largest absolute Gasteiger partial charge is 0.467 e. The molecule has 1 N–H and O–H groups in total. The van der Waals surface area contributed by atoms with Gasteiger partial charge in [-0.15, -0.1) is 0 Å². The minimum absolute atomic E-state index is 0.0517. The van der Waals surface area contributed by atoms with E-state index in [0.717, 1.165) is 38.1 Å². The van der Waals surface area contributed by atoms with Crippen molar-refractivity contribution >= 4 is 11.9 Å². The molecule has 28 heavy (non-hydrogen) atoms. The second-order valence-electron chi connectivity index (χ2n) is 7.85. The number of carbonyl (C=O) groups excluding carboxylic acids is 2. The Kier molecular flexibility index (Phi) is 9.34. The van der Waals surface area contributed by atoms with E-state index < -0.39 is 0 Å². The number of nitrogens with zero attached hydrogens (tertiary/aromatic N) is 2. The molecule has 1 fully saturated rings. The Labute approximate surface area is 168 Å². The van der Waals surface area contributed by atoms with Crippen molar-refractivity contribution < 1.29 is 18.7 Å². The summed E-state index contributed by atoms with van der Waals surface area (Å²) in [6.07, 6.45) is 5.58. The second-order valence-corrected chi connectivity index (χ2v) is 7.85. The maximum atomic E-state index is 13.1. The highest BCUT2D eigenvalue weighted by molar-refractivity contribution is 5.84. The minimum atomic E-state index is -0.175. The number of amides is 3. The van der Waals surface area contributed by atoms with E-state index in [2.05, 4.69) is 12.2 Å². The molecule has 0 aliphatic carbocycles. The van der Waals surface area contributed by atoms with Crippen molar-refractivity contribution in [3.8, 4) is 0 Å². The lowest BCUT2D eigenvalue weighted by molar-refractivity contribution is -0.134. The van der Waals surface area contributed by atoms with Crippen LogP contribution >= 0.6 is 0 Å². The van der Waals surface area contributed by atoms with Crippen molar-refractivity contribution in [2.24, 2.45) is 5.92 Å². The van der Waals surface area contributed by atoms with Crippen LogP contribution in [0.1, 0.15) is 52.2 Å². The first-order valence-corrected chi connectivity index (χ1v) is 10.4. The quantitative estimate of drug-likeness (QED) is 0.586. The summed E-state index contributed by atoms with van der Waals surface area (Å²) < 4.78 is 11.2. The molecule has 1 aromatic heterocycles. The number of furan rings is 1. The molecule has 0 bridgehead atoms. The smallest absolute Gasteiger partial charge is 0.317 e. The van der Waals surface area contributed by atoms with Crippen LogP contribution in [0.25, 0.3) is 0 Å². The van der Waals surface area contributed by atoms with Gasteiger partial charge in [0, 0.05) is 26.2 Å². The third-order valence-electron chi connectivity index (χ3n) is 4.73. The molecular formula is C21H35N3O4. The summed E-state index contributed by atoms with van der Waals surface area (Å²) in [4.78, 5) is 29.0. The zero-order chi connectivity index (χ0) is 20.4. The van der Waals surface area contributed by atoms with E-state index in [-0.39, 0.29) is 30.5 Å². The second kappa shape index (κ2) is 11.7. The van der Waals surface area contributed by atoms with E-state index in [1.165, 1.54) is 0 Å². The molecular weight excluding hydrogens is 358 g/mol. The fourth-order valence-electron chi connectivity index (χ4n) is 3.29. The highest BCUT2D eigenvalue weighted by atomic mass is 16.5. The summed E-state index contributed by atoms with van der Waals surface area (Å²) in [7, 11) is 0. The van der Waals surface area contributed by atoms with Crippen molar-refractivity contribution in [1.82, 2.24) is 15.1 Å². The van der Waals surface area contributed by atoms with Crippen LogP contribution in [0, 0.1) is 5.92 Å². The van der Waals surface area contributed by atoms with Gasteiger partial charge >= 0.3 is 6.03 Å². The standard InChI is InChI=1S/C21H35N3O4/c1-4-5-10-22-21(26)24(13-17(2)3)16-20(25)23(14-18-8-6-11-27-18)15-19-9-7-12-28-19/h6,8,11,17,19H,4-5,7,9-10,12-16H2,1-3H3,(H,22,26)/t19-/m1/s1. The lowest BCUT2D eigenvalue weighted by Crippen LogP contribution is -2.49. The van der Waals surface area contributed by atoms with Gasteiger partial charge < -0.3 is 24.3 Å². The molecule has 1 aromatic rings. The molecule has 1 atom stereocenters. The monoisotopic (exact) mass is 393 g/mol. The number of hydrogen-bond acceptors (Lipinski definition) is 4. The molecule has 2 rings (SSSR count). The summed E-state index contributed by atoms with van der Waals surface area (Å²) in [5.41, 5.74) is 0. The maximum Gasteiger partial charge on any atom is 0.317 e. The first-order valence-electron chi connectivity index (χ1n) is 10.4. The summed E-state index contributed by atoms with van der Waals surface area (Å²) in [5, 5.41) is 2.93. The van der Waals surface area contributed by atoms with Crippen molar-refractivity contribution in [2.45, 2.75) is 59.1 Å². The molecule has 1 aliphatic heterocycles. The normalized spacial score (nSPS) is 16.4.